The number of rotatable bonds is 8. The van der Waals surface area contributed by atoms with Crippen molar-refractivity contribution >= 4 is 0 Å². The standard InChI is InChI=1S/C18H29NO2/c1-15(13-16-7-3-2-4-8-16)19-14-17-9-5-6-10-18(17)21-12-11-20/h5-6,9-10,15-16,19-20H,2-4,7-8,11-14H2,1H3/t15-/m0/s1. The molecule has 2 rings (SSSR count). The third-order valence-electron chi connectivity index (χ3n) is 4.37. The van der Waals surface area contributed by atoms with Crippen molar-refractivity contribution in [2.24, 2.45) is 5.92 Å². The van der Waals surface area contributed by atoms with Crippen LogP contribution in [0.4, 0.5) is 0 Å². The van der Waals surface area contributed by atoms with E-state index in [1.54, 1.807) is 0 Å². The zero-order valence-electron chi connectivity index (χ0n) is 13.2. The largest absolute Gasteiger partial charge is 0.491 e. The molecule has 0 saturated heterocycles. The number of nitrogens with one attached hydrogen (secondary N) is 1. The lowest BCUT2D eigenvalue weighted by Gasteiger charge is -2.25. The van der Waals surface area contributed by atoms with Crippen LogP contribution in [0.25, 0.3) is 0 Å². The van der Waals surface area contributed by atoms with Gasteiger partial charge in [0.25, 0.3) is 0 Å². The molecule has 0 radical (unpaired) electrons. The Balaban J connectivity index is 1.78. The minimum Gasteiger partial charge on any atom is -0.491 e. The van der Waals surface area contributed by atoms with E-state index >= 15 is 0 Å². The van der Waals surface area contributed by atoms with Crippen molar-refractivity contribution in [1.82, 2.24) is 5.32 Å². The van der Waals surface area contributed by atoms with Gasteiger partial charge in [-0.05, 0) is 25.3 Å². The van der Waals surface area contributed by atoms with Gasteiger partial charge in [0, 0.05) is 18.2 Å². The third kappa shape index (κ3) is 5.68. The van der Waals surface area contributed by atoms with Crippen molar-refractivity contribution in [2.75, 3.05) is 13.2 Å². The van der Waals surface area contributed by atoms with E-state index in [1.165, 1.54) is 44.1 Å². The molecule has 2 N–H and O–H groups in total. The maximum absolute atomic E-state index is 8.88. The van der Waals surface area contributed by atoms with E-state index in [0.29, 0.717) is 12.6 Å². The first-order valence-electron chi connectivity index (χ1n) is 8.34. The van der Waals surface area contributed by atoms with Gasteiger partial charge in [-0.25, -0.2) is 0 Å². The zero-order chi connectivity index (χ0) is 14.9. The molecule has 1 atom stereocenters. The van der Waals surface area contributed by atoms with Crippen LogP contribution < -0.4 is 10.1 Å². The van der Waals surface area contributed by atoms with E-state index in [1.807, 2.05) is 18.2 Å². The molecule has 0 heterocycles. The number of para-hydroxylation sites is 1. The molecule has 1 aliphatic rings. The molecular formula is C18H29NO2. The fraction of sp³-hybridized carbons (Fsp3) is 0.667. The second-order valence-corrected chi connectivity index (χ2v) is 6.20. The summed E-state index contributed by atoms with van der Waals surface area (Å²) in [6, 6.07) is 8.61. The molecule has 3 heteroatoms. The van der Waals surface area contributed by atoms with Crippen LogP contribution in [-0.4, -0.2) is 24.4 Å². The lowest BCUT2D eigenvalue weighted by molar-refractivity contribution is 0.200. The van der Waals surface area contributed by atoms with Crippen molar-refractivity contribution in [2.45, 2.75) is 58.0 Å². The van der Waals surface area contributed by atoms with E-state index in [0.717, 1.165) is 18.2 Å². The zero-order valence-corrected chi connectivity index (χ0v) is 13.2. The fourth-order valence-electron chi connectivity index (χ4n) is 3.24. The molecule has 1 aromatic carbocycles. The number of hydrogen-bond donors (Lipinski definition) is 2. The summed E-state index contributed by atoms with van der Waals surface area (Å²) in [6.45, 7) is 3.52. The highest BCUT2D eigenvalue weighted by molar-refractivity contribution is 5.33. The second-order valence-electron chi connectivity index (χ2n) is 6.20. The summed E-state index contributed by atoms with van der Waals surface area (Å²) in [4.78, 5) is 0. The Hall–Kier alpha value is -1.06. The van der Waals surface area contributed by atoms with Gasteiger partial charge in [-0.3, -0.25) is 0 Å². The smallest absolute Gasteiger partial charge is 0.123 e. The van der Waals surface area contributed by atoms with Gasteiger partial charge in [-0.15, -0.1) is 0 Å². The van der Waals surface area contributed by atoms with Crippen molar-refractivity contribution in [3.63, 3.8) is 0 Å². The molecule has 0 amide bonds. The van der Waals surface area contributed by atoms with Gasteiger partial charge >= 0.3 is 0 Å². The molecule has 0 spiro atoms. The van der Waals surface area contributed by atoms with Gasteiger partial charge in [0.15, 0.2) is 0 Å². The monoisotopic (exact) mass is 291 g/mol. The van der Waals surface area contributed by atoms with Gasteiger partial charge in [-0.2, -0.15) is 0 Å². The second kappa shape index (κ2) is 9.06. The average molecular weight is 291 g/mol. The molecule has 0 aromatic heterocycles. The van der Waals surface area contributed by atoms with Gasteiger partial charge in [0.1, 0.15) is 12.4 Å². The predicted molar refractivity (Wildman–Crippen MR) is 86.5 cm³/mol. The average Bonchev–Trinajstić information content (AvgIpc) is 2.52. The van der Waals surface area contributed by atoms with Gasteiger partial charge < -0.3 is 15.2 Å². The summed E-state index contributed by atoms with van der Waals surface area (Å²) >= 11 is 0. The van der Waals surface area contributed by atoms with Crippen molar-refractivity contribution in [3.05, 3.63) is 29.8 Å². The van der Waals surface area contributed by atoms with E-state index in [9.17, 15) is 0 Å². The Bertz CT molecular complexity index is 402. The molecule has 118 valence electrons. The Labute approximate surface area is 128 Å². The van der Waals surface area contributed by atoms with E-state index in [4.69, 9.17) is 9.84 Å². The normalized spacial score (nSPS) is 17.6. The summed E-state index contributed by atoms with van der Waals surface area (Å²) in [6.07, 6.45) is 8.34. The number of aliphatic hydroxyl groups excluding tert-OH is 1. The van der Waals surface area contributed by atoms with E-state index in [2.05, 4.69) is 18.3 Å². The number of ether oxygens (including phenoxy) is 1. The van der Waals surface area contributed by atoms with Gasteiger partial charge in [0.05, 0.1) is 6.61 Å². The van der Waals surface area contributed by atoms with Crippen LogP contribution in [0.2, 0.25) is 0 Å². The first kappa shape index (κ1) is 16.3. The lowest BCUT2D eigenvalue weighted by Crippen LogP contribution is -2.28. The molecule has 0 bridgehead atoms. The minimum atomic E-state index is 0.0554. The van der Waals surface area contributed by atoms with Crippen LogP contribution >= 0.6 is 0 Å². The summed E-state index contributed by atoms with van der Waals surface area (Å²) in [5, 5.41) is 12.5. The Morgan fingerprint density at radius 3 is 2.76 bits per heavy atom. The lowest BCUT2D eigenvalue weighted by atomic mass is 9.85. The van der Waals surface area contributed by atoms with Gasteiger partial charge in [-0.1, -0.05) is 50.3 Å². The molecule has 0 unspecified atom stereocenters. The predicted octanol–water partition coefficient (Wildman–Crippen LogP) is 3.51. The molecule has 1 aromatic rings. The Morgan fingerprint density at radius 2 is 2.00 bits per heavy atom. The van der Waals surface area contributed by atoms with E-state index < -0.39 is 0 Å². The highest BCUT2D eigenvalue weighted by Gasteiger charge is 2.16. The van der Waals surface area contributed by atoms with Crippen molar-refractivity contribution < 1.29 is 9.84 Å². The quantitative estimate of drug-likeness (QED) is 0.770. The van der Waals surface area contributed by atoms with Crippen molar-refractivity contribution in [3.8, 4) is 5.75 Å². The van der Waals surface area contributed by atoms with Crippen LogP contribution in [0.5, 0.6) is 5.75 Å². The molecule has 0 aliphatic heterocycles. The highest BCUT2D eigenvalue weighted by atomic mass is 16.5. The molecule has 1 saturated carbocycles. The Morgan fingerprint density at radius 1 is 1.24 bits per heavy atom. The Kier molecular flexibility index (Phi) is 7.04. The van der Waals surface area contributed by atoms with Crippen LogP contribution in [0, 0.1) is 5.92 Å². The molecule has 3 nitrogen and oxygen atoms in total. The van der Waals surface area contributed by atoms with Gasteiger partial charge in [0.2, 0.25) is 0 Å². The number of hydrogen-bond acceptors (Lipinski definition) is 3. The first-order chi connectivity index (χ1) is 10.3. The van der Waals surface area contributed by atoms with Crippen molar-refractivity contribution in [1.29, 1.82) is 0 Å². The first-order valence-corrected chi connectivity index (χ1v) is 8.34. The maximum atomic E-state index is 8.88. The summed E-state index contributed by atoms with van der Waals surface area (Å²) in [5.74, 6) is 1.78. The summed E-state index contributed by atoms with van der Waals surface area (Å²) in [5.41, 5.74) is 1.17. The molecule has 21 heavy (non-hydrogen) atoms. The third-order valence-corrected chi connectivity index (χ3v) is 4.37. The van der Waals surface area contributed by atoms with Crippen LogP contribution in [0.1, 0.15) is 51.0 Å². The topological polar surface area (TPSA) is 41.5 Å². The highest BCUT2D eigenvalue weighted by Crippen LogP contribution is 2.27. The van der Waals surface area contributed by atoms with E-state index in [-0.39, 0.29) is 6.61 Å². The number of benzene rings is 1. The number of aliphatic hydroxyl groups is 1. The minimum absolute atomic E-state index is 0.0554. The SMILES string of the molecule is C[C@@H](CC1CCCCC1)NCc1ccccc1OCCO. The van der Waals surface area contributed by atoms with Crippen LogP contribution in [0.15, 0.2) is 24.3 Å². The summed E-state index contributed by atoms with van der Waals surface area (Å²) in [7, 11) is 0. The fourth-order valence-corrected chi connectivity index (χ4v) is 3.24. The van der Waals surface area contributed by atoms with Crippen LogP contribution in [-0.2, 0) is 6.54 Å². The molecular weight excluding hydrogens is 262 g/mol. The molecule has 1 aliphatic carbocycles. The maximum Gasteiger partial charge on any atom is 0.123 e. The molecule has 1 fully saturated rings. The summed E-state index contributed by atoms with van der Waals surface area (Å²) < 4.78 is 5.58. The van der Waals surface area contributed by atoms with Crippen LogP contribution in [0.3, 0.4) is 0 Å².